The number of Topliss-reactive ketones (excluding diaryl/α,β-unsaturated/α-hetero) is 1. The summed E-state index contributed by atoms with van der Waals surface area (Å²) in [6.45, 7) is -0.180. The van der Waals surface area contributed by atoms with E-state index in [-0.39, 0.29) is 11.0 Å². The van der Waals surface area contributed by atoms with Gasteiger partial charge in [-0.25, -0.2) is 8.78 Å². The lowest BCUT2D eigenvalue weighted by Crippen LogP contribution is -2.20. The lowest BCUT2D eigenvalue weighted by Gasteiger charge is -2.07. The van der Waals surface area contributed by atoms with E-state index in [1.807, 2.05) is 0 Å². The molecule has 3 nitrogen and oxygen atoms in total. The van der Waals surface area contributed by atoms with Gasteiger partial charge in [0, 0.05) is 0 Å². The molecule has 15 heavy (non-hydrogen) atoms. The molecule has 1 aromatic rings. The van der Waals surface area contributed by atoms with Crippen LogP contribution >= 0.6 is 15.9 Å². The molecule has 0 bridgehead atoms. The molecule has 2 N–H and O–H groups in total. The highest BCUT2D eigenvalue weighted by Gasteiger charge is 2.22. The van der Waals surface area contributed by atoms with Gasteiger partial charge >= 0.3 is 0 Å². The summed E-state index contributed by atoms with van der Waals surface area (Å²) in [6.07, 6.45) is 0. The van der Waals surface area contributed by atoms with Crippen LogP contribution in [-0.2, 0) is 0 Å². The number of aromatic hydroxyl groups is 1. The molecule has 0 spiro atoms. The molecule has 0 atom stereocenters. The number of benzene rings is 1. The molecule has 0 fully saturated rings. The van der Waals surface area contributed by atoms with E-state index in [0.29, 0.717) is 0 Å². The number of halogens is 3. The van der Waals surface area contributed by atoms with Crippen molar-refractivity contribution in [2.45, 2.75) is 0 Å². The Kier molecular flexibility index (Phi) is 3.76. The maximum Gasteiger partial charge on any atom is 0.183 e. The van der Waals surface area contributed by atoms with Gasteiger partial charge in [-0.1, -0.05) is 0 Å². The molecule has 0 aliphatic heterocycles. The highest BCUT2D eigenvalue weighted by atomic mass is 79.9. The van der Waals surface area contributed by atoms with Crippen molar-refractivity contribution in [2.24, 2.45) is 0 Å². The number of carbonyl (C=O) groups is 1. The Morgan fingerprint density at radius 3 is 2.73 bits per heavy atom. The van der Waals surface area contributed by atoms with Gasteiger partial charge < -0.3 is 10.4 Å². The number of rotatable bonds is 3. The van der Waals surface area contributed by atoms with Crippen LogP contribution in [0.15, 0.2) is 10.5 Å². The molecule has 0 aliphatic carbocycles. The fraction of sp³-hybridized carbons (Fsp3) is 0.222. The molecule has 0 amide bonds. The van der Waals surface area contributed by atoms with Crippen molar-refractivity contribution in [3.8, 4) is 5.75 Å². The monoisotopic (exact) mass is 279 g/mol. The van der Waals surface area contributed by atoms with Gasteiger partial charge in [-0.2, -0.15) is 0 Å². The summed E-state index contributed by atoms with van der Waals surface area (Å²) in [7, 11) is 1.49. The first-order chi connectivity index (χ1) is 6.99. The van der Waals surface area contributed by atoms with Gasteiger partial charge in [0.05, 0.1) is 11.0 Å². The van der Waals surface area contributed by atoms with Crippen LogP contribution in [0.1, 0.15) is 10.4 Å². The maximum absolute atomic E-state index is 13.2. The van der Waals surface area contributed by atoms with Gasteiger partial charge in [0.25, 0.3) is 0 Å². The number of nitrogens with one attached hydrogen (secondary N) is 1. The van der Waals surface area contributed by atoms with E-state index in [1.54, 1.807) is 0 Å². The quantitative estimate of drug-likeness (QED) is 0.656. The fourth-order valence-electron chi connectivity index (χ4n) is 1.09. The molecular formula is C9H8BrF2NO2. The zero-order valence-corrected chi connectivity index (χ0v) is 9.36. The molecular weight excluding hydrogens is 272 g/mol. The van der Waals surface area contributed by atoms with Crippen LogP contribution in [0.25, 0.3) is 0 Å². The van der Waals surface area contributed by atoms with Gasteiger partial charge in [-0.15, -0.1) is 0 Å². The molecule has 6 heteroatoms. The summed E-state index contributed by atoms with van der Waals surface area (Å²) < 4.78 is 26.1. The largest absolute Gasteiger partial charge is 0.506 e. The Hall–Kier alpha value is -1.01. The van der Waals surface area contributed by atoms with E-state index in [9.17, 15) is 18.7 Å². The standard InChI is InChI=1S/C9H8BrF2NO2/c1-13-3-6(14)7-8(12)5(11)2-4(10)9(7)15/h2,13,15H,3H2,1H3. The molecule has 0 radical (unpaired) electrons. The number of phenols is 1. The molecule has 0 saturated heterocycles. The molecule has 0 unspecified atom stereocenters. The number of hydrogen-bond acceptors (Lipinski definition) is 3. The molecule has 1 aromatic carbocycles. The lowest BCUT2D eigenvalue weighted by atomic mass is 10.1. The summed E-state index contributed by atoms with van der Waals surface area (Å²) in [5, 5.41) is 11.9. The zero-order valence-electron chi connectivity index (χ0n) is 7.77. The second-order valence-corrected chi connectivity index (χ2v) is 3.69. The maximum atomic E-state index is 13.2. The van der Waals surface area contributed by atoms with E-state index < -0.39 is 28.7 Å². The Bertz CT molecular complexity index is 383. The van der Waals surface area contributed by atoms with Crippen LogP contribution in [0, 0.1) is 11.6 Å². The molecule has 0 aliphatic rings. The third kappa shape index (κ3) is 2.32. The van der Waals surface area contributed by atoms with E-state index in [1.165, 1.54) is 7.05 Å². The van der Waals surface area contributed by atoms with Gasteiger partial charge in [-0.05, 0) is 29.0 Å². The SMILES string of the molecule is CNCC(=O)c1c(O)c(Br)cc(F)c1F. The Morgan fingerprint density at radius 1 is 1.60 bits per heavy atom. The topological polar surface area (TPSA) is 49.3 Å². The first-order valence-electron chi connectivity index (χ1n) is 4.03. The summed E-state index contributed by atoms with van der Waals surface area (Å²) in [5.41, 5.74) is -0.642. The minimum absolute atomic E-state index is 0.0548. The van der Waals surface area contributed by atoms with Gasteiger partial charge in [0.2, 0.25) is 0 Å². The molecule has 1 rings (SSSR count). The Balaban J connectivity index is 3.32. The zero-order chi connectivity index (χ0) is 11.6. The third-order valence-electron chi connectivity index (χ3n) is 1.76. The first kappa shape index (κ1) is 12.1. The van der Waals surface area contributed by atoms with Crippen LogP contribution in [0.3, 0.4) is 0 Å². The van der Waals surface area contributed by atoms with Crippen molar-refractivity contribution >= 4 is 21.7 Å². The molecule has 0 heterocycles. The van der Waals surface area contributed by atoms with Crippen molar-refractivity contribution in [3.63, 3.8) is 0 Å². The van der Waals surface area contributed by atoms with Gasteiger partial charge in [-0.3, -0.25) is 4.79 Å². The highest BCUT2D eigenvalue weighted by molar-refractivity contribution is 9.10. The Labute approximate surface area is 93.2 Å². The minimum Gasteiger partial charge on any atom is -0.506 e. The summed E-state index contributed by atoms with van der Waals surface area (Å²) in [6, 6.07) is 0.765. The first-order valence-corrected chi connectivity index (χ1v) is 4.82. The van der Waals surface area contributed by atoms with Crippen molar-refractivity contribution < 1.29 is 18.7 Å². The Morgan fingerprint density at radius 2 is 2.20 bits per heavy atom. The number of likely N-dealkylation sites (N-methyl/N-ethyl adjacent to an activating group) is 1. The second-order valence-electron chi connectivity index (χ2n) is 2.83. The summed E-state index contributed by atoms with van der Waals surface area (Å²) in [4.78, 5) is 11.3. The third-order valence-corrected chi connectivity index (χ3v) is 2.37. The number of carbonyl (C=O) groups excluding carboxylic acids is 1. The summed E-state index contributed by atoms with van der Waals surface area (Å²) >= 11 is 2.82. The van der Waals surface area contributed by atoms with Crippen molar-refractivity contribution in [3.05, 3.63) is 27.7 Å². The van der Waals surface area contributed by atoms with E-state index in [4.69, 9.17) is 0 Å². The number of ketones is 1. The van der Waals surface area contributed by atoms with Crippen LogP contribution in [-0.4, -0.2) is 24.5 Å². The normalized spacial score (nSPS) is 10.4. The van der Waals surface area contributed by atoms with Crippen LogP contribution in [0.5, 0.6) is 5.75 Å². The van der Waals surface area contributed by atoms with E-state index >= 15 is 0 Å². The van der Waals surface area contributed by atoms with Crippen LogP contribution in [0.4, 0.5) is 8.78 Å². The number of phenolic OH excluding ortho intramolecular Hbond substituents is 1. The number of hydrogen-bond donors (Lipinski definition) is 2. The van der Waals surface area contributed by atoms with Gasteiger partial charge in [0.1, 0.15) is 11.3 Å². The van der Waals surface area contributed by atoms with Crippen LogP contribution in [0.2, 0.25) is 0 Å². The lowest BCUT2D eigenvalue weighted by molar-refractivity contribution is 0.0985. The van der Waals surface area contributed by atoms with E-state index in [2.05, 4.69) is 21.2 Å². The highest BCUT2D eigenvalue weighted by Crippen LogP contribution is 2.31. The van der Waals surface area contributed by atoms with Gasteiger partial charge in [0.15, 0.2) is 17.4 Å². The average Bonchev–Trinajstić information content (AvgIpc) is 2.16. The predicted octanol–water partition coefficient (Wildman–Crippen LogP) is 1.83. The smallest absolute Gasteiger partial charge is 0.183 e. The average molecular weight is 280 g/mol. The molecule has 0 saturated carbocycles. The second kappa shape index (κ2) is 4.67. The van der Waals surface area contributed by atoms with E-state index in [0.717, 1.165) is 6.07 Å². The molecule has 82 valence electrons. The van der Waals surface area contributed by atoms with Crippen molar-refractivity contribution in [1.29, 1.82) is 0 Å². The molecule has 0 aromatic heterocycles. The summed E-state index contributed by atoms with van der Waals surface area (Å²) in [5.74, 6) is -3.82. The fourth-order valence-corrected chi connectivity index (χ4v) is 1.49. The predicted molar refractivity (Wildman–Crippen MR) is 54.0 cm³/mol. The van der Waals surface area contributed by atoms with Crippen molar-refractivity contribution in [2.75, 3.05) is 13.6 Å². The minimum atomic E-state index is -1.34. The van der Waals surface area contributed by atoms with Crippen molar-refractivity contribution in [1.82, 2.24) is 5.32 Å². The van der Waals surface area contributed by atoms with Crippen LogP contribution < -0.4 is 5.32 Å².